The third-order valence-corrected chi connectivity index (χ3v) is 2.44. The highest BCUT2D eigenvalue weighted by atomic mass is 79.9. The lowest BCUT2D eigenvalue weighted by atomic mass is 10.4. The second kappa shape index (κ2) is 5.68. The van der Waals surface area contributed by atoms with Crippen molar-refractivity contribution in [1.82, 2.24) is 4.98 Å². The summed E-state index contributed by atoms with van der Waals surface area (Å²) in [6.07, 6.45) is 0.0840. The molecule has 0 bridgehead atoms. The molecule has 0 aromatic carbocycles. The molecule has 1 heterocycles. The van der Waals surface area contributed by atoms with Crippen molar-refractivity contribution in [2.75, 3.05) is 13.7 Å². The molecule has 1 aromatic heterocycles. The van der Waals surface area contributed by atoms with Crippen molar-refractivity contribution >= 4 is 31.9 Å². The van der Waals surface area contributed by atoms with Gasteiger partial charge < -0.3 is 9.47 Å². The second-order valence-corrected chi connectivity index (χ2v) is 4.43. The van der Waals surface area contributed by atoms with Gasteiger partial charge in [0.25, 0.3) is 0 Å². The predicted octanol–water partition coefficient (Wildman–Crippen LogP) is 3.02. The molecule has 1 rings (SSSR count). The minimum atomic E-state index is 0.0840. The minimum Gasteiger partial charge on any atom is -0.491 e. The Bertz CT molecular complexity index is 287. The Morgan fingerprint density at radius 3 is 2.43 bits per heavy atom. The molecule has 0 aliphatic carbocycles. The first-order chi connectivity index (χ1) is 6.61. The molecule has 5 heteroatoms. The maximum Gasteiger partial charge on any atom is 0.124 e. The Kier molecular flexibility index (Phi) is 4.84. The van der Waals surface area contributed by atoms with Crippen LogP contribution in [0.2, 0.25) is 0 Å². The van der Waals surface area contributed by atoms with Crippen molar-refractivity contribution in [3.8, 4) is 5.75 Å². The summed E-state index contributed by atoms with van der Waals surface area (Å²) in [6.45, 7) is 2.48. The van der Waals surface area contributed by atoms with Gasteiger partial charge in [0, 0.05) is 19.2 Å². The lowest BCUT2D eigenvalue weighted by Crippen LogP contribution is -2.15. The fourth-order valence-electron chi connectivity index (χ4n) is 0.808. The molecule has 0 saturated heterocycles. The molecule has 0 N–H and O–H groups in total. The molecule has 0 aliphatic heterocycles. The highest BCUT2D eigenvalue weighted by molar-refractivity contribution is 9.11. The van der Waals surface area contributed by atoms with Crippen LogP contribution in [0.5, 0.6) is 5.75 Å². The molecule has 0 saturated carbocycles. The van der Waals surface area contributed by atoms with E-state index in [2.05, 4.69) is 36.8 Å². The SMILES string of the molecule is CO[C@H](C)COc1cc(Br)nc(Br)c1. The van der Waals surface area contributed by atoms with Crippen LogP contribution in [0.1, 0.15) is 6.92 Å². The van der Waals surface area contributed by atoms with Gasteiger partial charge in [-0.05, 0) is 38.8 Å². The van der Waals surface area contributed by atoms with Crippen LogP contribution in [0.3, 0.4) is 0 Å². The fraction of sp³-hybridized carbons (Fsp3) is 0.444. The van der Waals surface area contributed by atoms with Crippen molar-refractivity contribution in [2.24, 2.45) is 0 Å². The zero-order valence-electron chi connectivity index (χ0n) is 7.96. The average molecular weight is 325 g/mol. The smallest absolute Gasteiger partial charge is 0.124 e. The summed E-state index contributed by atoms with van der Waals surface area (Å²) in [7, 11) is 1.66. The molecule has 78 valence electrons. The standard InChI is InChI=1S/C9H11Br2NO2/c1-6(13-2)5-14-7-3-8(10)12-9(11)4-7/h3-4,6H,5H2,1-2H3/t6-/m1/s1. The maximum atomic E-state index is 5.50. The molecular weight excluding hydrogens is 314 g/mol. The van der Waals surface area contributed by atoms with Crippen molar-refractivity contribution in [2.45, 2.75) is 13.0 Å². The van der Waals surface area contributed by atoms with E-state index in [4.69, 9.17) is 9.47 Å². The summed E-state index contributed by atoms with van der Waals surface area (Å²) in [5.74, 6) is 0.766. The first-order valence-electron chi connectivity index (χ1n) is 4.10. The molecule has 0 fully saturated rings. The Morgan fingerprint density at radius 2 is 1.93 bits per heavy atom. The molecule has 0 spiro atoms. The molecule has 0 aliphatic rings. The normalized spacial score (nSPS) is 12.6. The molecule has 1 aromatic rings. The van der Waals surface area contributed by atoms with Gasteiger partial charge in [0.2, 0.25) is 0 Å². The number of ether oxygens (including phenoxy) is 2. The number of methoxy groups -OCH3 is 1. The van der Waals surface area contributed by atoms with Crippen LogP contribution in [0.15, 0.2) is 21.3 Å². The summed E-state index contributed by atoms with van der Waals surface area (Å²) >= 11 is 6.57. The van der Waals surface area contributed by atoms with Crippen LogP contribution in [0.4, 0.5) is 0 Å². The van der Waals surface area contributed by atoms with E-state index in [1.54, 1.807) is 7.11 Å². The molecule has 0 unspecified atom stereocenters. The van der Waals surface area contributed by atoms with Crippen LogP contribution < -0.4 is 4.74 Å². The summed E-state index contributed by atoms with van der Waals surface area (Å²) in [4.78, 5) is 4.10. The number of rotatable bonds is 4. The van der Waals surface area contributed by atoms with Crippen LogP contribution in [-0.4, -0.2) is 24.8 Å². The van der Waals surface area contributed by atoms with Gasteiger partial charge in [0.1, 0.15) is 21.6 Å². The van der Waals surface area contributed by atoms with Gasteiger partial charge in [-0.1, -0.05) is 0 Å². The van der Waals surface area contributed by atoms with Crippen molar-refractivity contribution < 1.29 is 9.47 Å². The van der Waals surface area contributed by atoms with Crippen LogP contribution in [-0.2, 0) is 4.74 Å². The fourth-order valence-corrected chi connectivity index (χ4v) is 1.88. The van der Waals surface area contributed by atoms with E-state index >= 15 is 0 Å². The number of hydrogen-bond donors (Lipinski definition) is 0. The summed E-state index contributed by atoms with van der Waals surface area (Å²) in [6, 6.07) is 3.63. The quantitative estimate of drug-likeness (QED) is 0.798. The van der Waals surface area contributed by atoms with Crippen LogP contribution >= 0.6 is 31.9 Å². The Balaban J connectivity index is 2.58. The van der Waals surface area contributed by atoms with Gasteiger partial charge >= 0.3 is 0 Å². The minimum absolute atomic E-state index is 0.0840. The highest BCUT2D eigenvalue weighted by Crippen LogP contribution is 2.21. The topological polar surface area (TPSA) is 31.4 Å². The largest absolute Gasteiger partial charge is 0.491 e. The van der Waals surface area contributed by atoms with E-state index in [0.29, 0.717) is 6.61 Å². The molecular formula is C9H11Br2NO2. The molecule has 3 nitrogen and oxygen atoms in total. The first-order valence-corrected chi connectivity index (χ1v) is 5.69. The number of pyridine rings is 1. The van der Waals surface area contributed by atoms with Crippen LogP contribution in [0, 0.1) is 0 Å². The van der Waals surface area contributed by atoms with Crippen molar-refractivity contribution in [1.29, 1.82) is 0 Å². The summed E-state index contributed by atoms with van der Waals surface area (Å²) in [5, 5.41) is 0. The van der Waals surface area contributed by atoms with E-state index in [1.165, 1.54) is 0 Å². The Morgan fingerprint density at radius 1 is 1.36 bits per heavy atom. The van der Waals surface area contributed by atoms with Crippen LogP contribution in [0.25, 0.3) is 0 Å². The zero-order valence-corrected chi connectivity index (χ0v) is 11.1. The van der Waals surface area contributed by atoms with Gasteiger partial charge in [-0.25, -0.2) is 4.98 Å². The molecule has 0 amide bonds. The predicted molar refractivity (Wildman–Crippen MR) is 61.6 cm³/mol. The lowest BCUT2D eigenvalue weighted by molar-refractivity contribution is 0.0716. The zero-order chi connectivity index (χ0) is 10.6. The van der Waals surface area contributed by atoms with Gasteiger partial charge in [-0.2, -0.15) is 0 Å². The average Bonchev–Trinajstić information content (AvgIpc) is 2.12. The summed E-state index contributed by atoms with van der Waals surface area (Å²) < 4.78 is 12.0. The first kappa shape index (κ1) is 11.9. The van der Waals surface area contributed by atoms with Crippen molar-refractivity contribution in [3.63, 3.8) is 0 Å². The lowest BCUT2D eigenvalue weighted by Gasteiger charge is -2.11. The molecule has 0 radical (unpaired) electrons. The second-order valence-electron chi connectivity index (χ2n) is 2.81. The number of hydrogen-bond acceptors (Lipinski definition) is 3. The van der Waals surface area contributed by atoms with E-state index < -0.39 is 0 Å². The van der Waals surface area contributed by atoms with Gasteiger partial charge in [-0.15, -0.1) is 0 Å². The number of aromatic nitrogens is 1. The number of nitrogens with zero attached hydrogens (tertiary/aromatic N) is 1. The summed E-state index contributed by atoms with van der Waals surface area (Å²) in [5.41, 5.74) is 0. The van der Waals surface area contributed by atoms with E-state index in [9.17, 15) is 0 Å². The third kappa shape index (κ3) is 3.94. The van der Waals surface area contributed by atoms with Crippen molar-refractivity contribution in [3.05, 3.63) is 21.3 Å². The molecule has 1 atom stereocenters. The van der Waals surface area contributed by atoms with E-state index in [0.717, 1.165) is 15.0 Å². The third-order valence-electron chi connectivity index (χ3n) is 1.62. The number of halogens is 2. The van der Waals surface area contributed by atoms with E-state index in [1.807, 2.05) is 19.1 Å². The monoisotopic (exact) mass is 323 g/mol. The van der Waals surface area contributed by atoms with Gasteiger partial charge in [0.15, 0.2) is 0 Å². The highest BCUT2D eigenvalue weighted by Gasteiger charge is 2.03. The van der Waals surface area contributed by atoms with Gasteiger partial charge in [0.05, 0.1) is 6.10 Å². The van der Waals surface area contributed by atoms with Gasteiger partial charge in [-0.3, -0.25) is 0 Å². The Hall–Kier alpha value is -0.130. The van der Waals surface area contributed by atoms with E-state index in [-0.39, 0.29) is 6.10 Å². The Labute approximate surface area is 100 Å². The molecule has 14 heavy (non-hydrogen) atoms. The maximum absolute atomic E-state index is 5.50.